The van der Waals surface area contributed by atoms with E-state index in [9.17, 15) is 5.11 Å². The highest BCUT2D eigenvalue weighted by atomic mass is 16.3. The van der Waals surface area contributed by atoms with Gasteiger partial charge in [0.25, 0.3) is 0 Å². The highest BCUT2D eigenvalue weighted by Gasteiger charge is 2.19. The van der Waals surface area contributed by atoms with Crippen LogP contribution >= 0.6 is 0 Å². The fraction of sp³-hybridized carbons (Fsp3) is 0.500. The van der Waals surface area contributed by atoms with Crippen LogP contribution in [0.3, 0.4) is 0 Å². The second kappa shape index (κ2) is 4.43. The lowest BCUT2D eigenvalue weighted by Gasteiger charge is -2.21. The molecule has 0 radical (unpaired) electrons. The van der Waals surface area contributed by atoms with E-state index >= 15 is 0 Å². The average Bonchev–Trinajstić information content (AvgIpc) is 2.51. The van der Waals surface area contributed by atoms with Crippen LogP contribution in [0.4, 0.5) is 0 Å². The molecule has 0 spiro atoms. The van der Waals surface area contributed by atoms with Crippen LogP contribution in [0.15, 0.2) is 24.3 Å². The Labute approximate surface area is 109 Å². The van der Waals surface area contributed by atoms with Crippen LogP contribution in [0.2, 0.25) is 0 Å². The van der Waals surface area contributed by atoms with Gasteiger partial charge in [-0.15, -0.1) is 0 Å². The number of hydrogen-bond acceptors (Lipinski definition) is 1. The highest BCUT2D eigenvalue weighted by Crippen LogP contribution is 2.27. The van der Waals surface area contributed by atoms with Crippen molar-refractivity contribution in [3.8, 4) is 0 Å². The normalized spacial score (nSPS) is 12.6. The smallest absolute Gasteiger partial charge is 0.0646 e. The van der Waals surface area contributed by atoms with Crippen LogP contribution in [0, 0.1) is 6.92 Å². The summed E-state index contributed by atoms with van der Waals surface area (Å²) in [6.07, 6.45) is 0.679. The average molecular weight is 245 g/mol. The van der Waals surface area contributed by atoms with Gasteiger partial charge in [-0.1, -0.05) is 12.1 Å². The number of rotatable bonds is 3. The lowest BCUT2D eigenvalue weighted by Crippen LogP contribution is -2.24. The summed E-state index contributed by atoms with van der Waals surface area (Å²) in [6, 6.07) is 9.13. The van der Waals surface area contributed by atoms with Gasteiger partial charge in [0.15, 0.2) is 0 Å². The van der Waals surface area contributed by atoms with Crippen molar-refractivity contribution in [2.75, 3.05) is 0 Å². The summed E-state index contributed by atoms with van der Waals surface area (Å²) in [5.41, 5.74) is 3.08. The molecule has 0 aliphatic rings. The van der Waals surface area contributed by atoms with Crippen LogP contribution in [0.25, 0.3) is 10.9 Å². The van der Waals surface area contributed by atoms with Crippen molar-refractivity contribution < 1.29 is 5.11 Å². The molecule has 0 saturated heterocycles. The highest BCUT2D eigenvalue weighted by molar-refractivity contribution is 5.82. The van der Waals surface area contributed by atoms with Crippen molar-refractivity contribution in [2.45, 2.75) is 52.7 Å². The summed E-state index contributed by atoms with van der Waals surface area (Å²) < 4.78 is 2.33. The second-order valence-corrected chi connectivity index (χ2v) is 6.15. The molecule has 2 nitrogen and oxygen atoms in total. The number of aromatic nitrogens is 1. The van der Waals surface area contributed by atoms with Crippen molar-refractivity contribution in [3.63, 3.8) is 0 Å². The molecule has 1 aromatic heterocycles. The summed E-state index contributed by atoms with van der Waals surface area (Å²) >= 11 is 0. The number of nitrogens with zero attached hydrogens (tertiary/aromatic N) is 1. The summed E-state index contributed by atoms with van der Waals surface area (Å²) in [5, 5.41) is 11.3. The molecule has 2 heteroatoms. The Kier molecular flexibility index (Phi) is 3.24. The van der Waals surface area contributed by atoms with Gasteiger partial charge >= 0.3 is 0 Å². The number of aliphatic hydroxyl groups is 1. The lowest BCUT2D eigenvalue weighted by atomic mass is 10.0. The molecule has 0 amide bonds. The van der Waals surface area contributed by atoms with E-state index in [0.29, 0.717) is 12.5 Å². The molecule has 2 rings (SSSR count). The van der Waals surface area contributed by atoms with E-state index in [1.807, 2.05) is 13.8 Å². The quantitative estimate of drug-likeness (QED) is 0.873. The van der Waals surface area contributed by atoms with Gasteiger partial charge in [-0.05, 0) is 57.7 Å². The molecule has 1 heterocycles. The summed E-state index contributed by atoms with van der Waals surface area (Å²) in [4.78, 5) is 0. The summed E-state index contributed by atoms with van der Waals surface area (Å²) in [6.45, 7) is 10.2. The third-order valence-corrected chi connectivity index (χ3v) is 3.21. The Hall–Kier alpha value is -1.28. The molecule has 18 heavy (non-hydrogen) atoms. The van der Waals surface area contributed by atoms with Crippen LogP contribution in [0.1, 0.15) is 45.0 Å². The first-order valence-corrected chi connectivity index (χ1v) is 6.61. The molecular formula is C16H23NO. The van der Waals surface area contributed by atoms with E-state index in [1.165, 1.54) is 22.2 Å². The minimum absolute atomic E-state index is 0.404. The maximum atomic E-state index is 10.0. The number of benzene rings is 1. The number of aryl methyl sites for hydroxylation is 1. The standard InChI is InChI=1S/C16H23NO/c1-11(2)17-14(10-16(4,5)18)9-13-7-6-12(3)8-15(13)17/h6-9,11,18H,10H2,1-5H3. The van der Waals surface area contributed by atoms with Crippen molar-refractivity contribution in [2.24, 2.45) is 0 Å². The van der Waals surface area contributed by atoms with Crippen LogP contribution < -0.4 is 0 Å². The van der Waals surface area contributed by atoms with Gasteiger partial charge in [0.05, 0.1) is 5.60 Å². The lowest BCUT2D eigenvalue weighted by molar-refractivity contribution is 0.0789. The third-order valence-electron chi connectivity index (χ3n) is 3.21. The van der Waals surface area contributed by atoms with Gasteiger partial charge in [0.2, 0.25) is 0 Å². The second-order valence-electron chi connectivity index (χ2n) is 6.15. The molecule has 0 saturated carbocycles. The predicted octanol–water partition coefficient (Wildman–Crippen LogP) is 3.84. The molecule has 0 unspecified atom stereocenters. The SMILES string of the molecule is Cc1ccc2cc(CC(C)(C)O)n(C(C)C)c2c1. The molecule has 0 fully saturated rings. The molecule has 0 aliphatic heterocycles. The first-order valence-electron chi connectivity index (χ1n) is 6.61. The van der Waals surface area contributed by atoms with Crippen molar-refractivity contribution in [3.05, 3.63) is 35.5 Å². The van der Waals surface area contributed by atoms with Gasteiger partial charge in [0, 0.05) is 23.7 Å². The molecular weight excluding hydrogens is 222 g/mol. The fourth-order valence-electron chi connectivity index (χ4n) is 2.58. The minimum atomic E-state index is -0.671. The van der Waals surface area contributed by atoms with Gasteiger partial charge in [0.1, 0.15) is 0 Å². The van der Waals surface area contributed by atoms with Gasteiger partial charge < -0.3 is 9.67 Å². The Balaban J connectivity index is 2.62. The Bertz CT molecular complexity index is 558. The van der Waals surface area contributed by atoms with Gasteiger partial charge in [-0.25, -0.2) is 0 Å². The van der Waals surface area contributed by atoms with Gasteiger partial charge in [-0.2, -0.15) is 0 Å². The van der Waals surface area contributed by atoms with Crippen molar-refractivity contribution in [1.82, 2.24) is 4.57 Å². The van der Waals surface area contributed by atoms with E-state index in [1.54, 1.807) is 0 Å². The molecule has 1 aromatic carbocycles. The fourth-order valence-corrected chi connectivity index (χ4v) is 2.58. The van der Waals surface area contributed by atoms with E-state index in [-0.39, 0.29) is 0 Å². The van der Waals surface area contributed by atoms with Crippen LogP contribution in [-0.4, -0.2) is 15.3 Å². The zero-order valence-electron chi connectivity index (χ0n) is 12.0. The van der Waals surface area contributed by atoms with E-state index in [4.69, 9.17) is 0 Å². The van der Waals surface area contributed by atoms with Crippen molar-refractivity contribution in [1.29, 1.82) is 0 Å². The monoisotopic (exact) mass is 245 g/mol. The molecule has 98 valence electrons. The van der Waals surface area contributed by atoms with E-state index < -0.39 is 5.60 Å². The summed E-state index contributed by atoms with van der Waals surface area (Å²) in [5.74, 6) is 0. The molecule has 1 N–H and O–H groups in total. The summed E-state index contributed by atoms with van der Waals surface area (Å²) in [7, 11) is 0. The maximum Gasteiger partial charge on any atom is 0.0646 e. The van der Waals surface area contributed by atoms with Crippen LogP contribution in [0.5, 0.6) is 0 Å². The van der Waals surface area contributed by atoms with E-state index in [0.717, 1.165) is 0 Å². The number of fused-ring (bicyclic) bond motifs is 1. The molecule has 0 bridgehead atoms. The van der Waals surface area contributed by atoms with E-state index in [2.05, 4.69) is 49.6 Å². The zero-order valence-corrected chi connectivity index (χ0v) is 12.0. The Morgan fingerprint density at radius 2 is 1.89 bits per heavy atom. The Morgan fingerprint density at radius 1 is 1.22 bits per heavy atom. The largest absolute Gasteiger partial charge is 0.390 e. The van der Waals surface area contributed by atoms with Crippen LogP contribution in [-0.2, 0) is 6.42 Å². The first kappa shape index (κ1) is 13.2. The zero-order chi connectivity index (χ0) is 13.5. The predicted molar refractivity (Wildman–Crippen MR) is 77.1 cm³/mol. The minimum Gasteiger partial charge on any atom is -0.390 e. The molecule has 0 atom stereocenters. The molecule has 2 aromatic rings. The topological polar surface area (TPSA) is 25.2 Å². The maximum absolute atomic E-state index is 10.0. The van der Waals surface area contributed by atoms with Crippen molar-refractivity contribution >= 4 is 10.9 Å². The first-order chi connectivity index (χ1) is 8.28. The van der Waals surface area contributed by atoms with Gasteiger partial charge in [-0.3, -0.25) is 0 Å². The third kappa shape index (κ3) is 2.59. The Morgan fingerprint density at radius 3 is 2.44 bits per heavy atom. The molecule has 0 aliphatic carbocycles. The number of hydrogen-bond donors (Lipinski definition) is 1.